The second-order valence-electron chi connectivity index (χ2n) is 6.91. The lowest BCUT2D eigenvalue weighted by atomic mass is 10.1. The maximum Gasteiger partial charge on any atom is 0.349 e. The first-order valence-electron chi connectivity index (χ1n) is 9.36. The Hall–Kier alpha value is -3.36. The molecule has 0 spiro atoms. The van der Waals surface area contributed by atoms with Gasteiger partial charge >= 0.3 is 5.63 Å². The van der Waals surface area contributed by atoms with E-state index in [9.17, 15) is 9.59 Å². The lowest BCUT2D eigenvalue weighted by Crippen LogP contribution is -2.21. The number of nitrogens with one attached hydrogen (secondary N) is 1. The summed E-state index contributed by atoms with van der Waals surface area (Å²) in [4.78, 5) is 35.1. The third-order valence-electron chi connectivity index (χ3n) is 4.92. The molecule has 0 saturated heterocycles. The fourth-order valence-electron chi connectivity index (χ4n) is 3.33. The van der Waals surface area contributed by atoms with E-state index in [2.05, 4.69) is 31.2 Å². The van der Waals surface area contributed by atoms with Crippen LogP contribution in [0.2, 0.25) is 0 Å². The van der Waals surface area contributed by atoms with Crippen molar-refractivity contribution in [2.45, 2.75) is 6.92 Å². The first-order valence-corrected chi connectivity index (χ1v) is 11.0. The molecule has 0 saturated carbocycles. The van der Waals surface area contributed by atoms with Crippen molar-refractivity contribution in [1.82, 2.24) is 9.97 Å². The molecule has 0 radical (unpaired) electrons. The Morgan fingerprint density at radius 1 is 1.13 bits per heavy atom. The first kappa shape index (κ1) is 19.6. The number of amides is 1. The van der Waals surface area contributed by atoms with Gasteiger partial charge in [-0.2, -0.15) is 0 Å². The van der Waals surface area contributed by atoms with Gasteiger partial charge in [-0.1, -0.05) is 39.4 Å². The average Bonchev–Trinajstić information content (AvgIpc) is 3.19. The molecular weight excluding hydrogens is 478 g/mol. The summed E-state index contributed by atoms with van der Waals surface area (Å²) < 4.78 is 6.14. The van der Waals surface area contributed by atoms with Gasteiger partial charge in [-0.3, -0.25) is 4.79 Å². The van der Waals surface area contributed by atoms with Crippen molar-refractivity contribution in [1.29, 1.82) is 0 Å². The quantitative estimate of drug-likeness (QED) is 0.323. The lowest BCUT2D eigenvalue weighted by molar-refractivity contribution is 0.102. The molecule has 31 heavy (non-hydrogen) atoms. The molecule has 0 fully saturated rings. The minimum absolute atomic E-state index is 0.0559. The van der Waals surface area contributed by atoms with Gasteiger partial charge in [0.15, 0.2) is 0 Å². The summed E-state index contributed by atoms with van der Waals surface area (Å²) in [7, 11) is 0. The van der Waals surface area contributed by atoms with Gasteiger partial charge in [0, 0.05) is 27.3 Å². The molecule has 3 heterocycles. The van der Waals surface area contributed by atoms with Gasteiger partial charge in [-0.05, 0) is 55.0 Å². The summed E-state index contributed by atoms with van der Waals surface area (Å²) >= 11 is 4.88. The second kappa shape index (κ2) is 7.72. The van der Waals surface area contributed by atoms with Crippen LogP contribution in [0.15, 0.2) is 74.5 Å². The topological polar surface area (TPSA) is 85.1 Å². The normalized spacial score (nSPS) is 11.2. The molecule has 5 rings (SSSR count). The molecule has 0 aliphatic heterocycles. The maximum absolute atomic E-state index is 12.9. The summed E-state index contributed by atoms with van der Waals surface area (Å²) in [5, 5.41) is 4.32. The summed E-state index contributed by atoms with van der Waals surface area (Å²) in [5.74, 6) is -0.526. The van der Waals surface area contributed by atoms with Crippen molar-refractivity contribution >= 4 is 60.2 Å². The standard InChI is InChI=1S/C23H14BrN3O3S/c1-12-15(21-27-18-6-3-9-25-22(18)31-21)4-2-5-17(12)26-20(28)16-11-13-10-14(24)7-8-19(13)30-23(16)29/h2-11H,1H3,(H,26,28). The summed E-state index contributed by atoms with van der Waals surface area (Å²) in [5.41, 5.74) is 2.86. The molecule has 0 aliphatic carbocycles. The summed E-state index contributed by atoms with van der Waals surface area (Å²) in [6.45, 7) is 1.91. The fourth-order valence-corrected chi connectivity index (χ4v) is 4.70. The van der Waals surface area contributed by atoms with Gasteiger partial charge in [0.25, 0.3) is 5.91 Å². The van der Waals surface area contributed by atoms with E-state index >= 15 is 0 Å². The molecule has 2 aromatic carbocycles. The van der Waals surface area contributed by atoms with E-state index < -0.39 is 11.5 Å². The molecule has 3 aromatic heterocycles. The van der Waals surface area contributed by atoms with Crippen molar-refractivity contribution in [3.8, 4) is 10.6 Å². The summed E-state index contributed by atoms with van der Waals surface area (Å²) in [6, 6.07) is 16.1. The Balaban J connectivity index is 1.51. The molecule has 8 heteroatoms. The number of nitrogens with zero attached hydrogens (tertiary/aromatic N) is 2. The minimum atomic E-state index is -0.682. The fraction of sp³-hybridized carbons (Fsp3) is 0.0435. The number of thiazole rings is 1. The SMILES string of the molecule is Cc1c(NC(=O)c2cc3cc(Br)ccc3oc2=O)cccc1-c1nc2cccnc2s1. The predicted molar refractivity (Wildman–Crippen MR) is 126 cm³/mol. The van der Waals surface area contributed by atoms with Crippen LogP contribution in [-0.2, 0) is 0 Å². The third kappa shape index (κ3) is 3.64. The zero-order valence-corrected chi connectivity index (χ0v) is 18.6. The van der Waals surface area contributed by atoms with Crippen LogP contribution in [0.25, 0.3) is 31.9 Å². The molecule has 0 aliphatic rings. The Bertz CT molecular complexity index is 1510. The zero-order chi connectivity index (χ0) is 21.5. The largest absolute Gasteiger partial charge is 0.422 e. The number of anilines is 1. The number of hydrogen-bond acceptors (Lipinski definition) is 6. The van der Waals surface area contributed by atoms with E-state index in [0.29, 0.717) is 16.7 Å². The number of halogens is 1. The van der Waals surface area contributed by atoms with Gasteiger partial charge in [0.1, 0.15) is 26.5 Å². The van der Waals surface area contributed by atoms with Crippen LogP contribution in [0.4, 0.5) is 5.69 Å². The first-order chi connectivity index (χ1) is 15.0. The van der Waals surface area contributed by atoms with Gasteiger partial charge in [-0.25, -0.2) is 14.8 Å². The number of hydrogen-bond donors (Lipinski definition) is 1. The van der Waals surface area contributed by atoms with Gasteiger partial charge in [0.05, 0.1) is 0 Å². The van der Waals surface area contributed by atoms with Crippen molar-refractivity contribution in [3.63, 3.8) is 0 Å². The number of carbonyl (C=O) groups excluding carboxylic acids is 1. The molecule has 0 atom stereocenters. The molecule has 6 nitrogen and oxygen atoms in total. The van der Waals surface area contributed by atoms with E-state index in [4.69, 9.17) is 4.42 Å². The van der Waals surface area contributed by atoms with Gasteiger partial charge < -0.3 is 9.73 Å². The molecule has 1 amide bonds. The smallest absolute Gasteiger partial charge is 0.349 e. The lowest BCUT2D eigenvalue weighted by Gasteiger charge is -2.11. The van der Waals surface area contributed by atoms with Crippen molar-refractivity contribution < 1.29 is 9.21 Å². The van der Waals surface area contributed by atoms with Crippen LogP contribution in [0.3, 0.4) is 0 Å². The highest BCUT2D eigenvalue weighted by Gasteiger charge is 2.17. The highest BCUT2D eigenvalue weighted by Crippen LogP contribution is 2.33. The van der Waals surface area contributed by atoms with E-state index in [0.717, 1.165) is 31.0 Å². The Labute approximate surface area is 188 Å². The Morgan fingerprint density at radius 2 is 2.00 bits per heavy atom. The minimum Gasteiger partial charge on any atom is -0.422 e. The van der Waals surface area contributed by atoms with Crippen LogP contribution in [0, 0.1) is 6.92 Å². The van der Waals surface area contributed by atoms with Gasteiger partial charge in [-0.15, -0.1) is 0 Å². The molecular formula is C23H14BrN3O3S. The van der Waals surface area contributed by atoms with E-state index in [1.807, 2.05) is 31.2 Å². The molecule has 1 N–H and O–H groups in total. The van der Waals surface area contributed by atoms with E-state index in [1.54, 1.807) is 36.5 Å². The monoisotopic (exact) mass is 491 g/mol. The van der Waals surface area contributed by atoms with Crippen LogP contribution in [0.5, 0.6) is 0 Å². The molecule has 0 bridgehead atoms. The van der Waals surface area contributed by atoms with Crippen LogP contribution >= 0.6 is 27.3 Å². The average molecular weight is 492 g/mol. The van der Waals surface area contributed by atoms with Crippen molar-refractivity contribution in [2.75, 3.05) is 5.32 Å². The zero-order valence-electron chi connectivity index (χ0n) is 16.2. The second-order valence-corrected chi connectivity index (χ2v) is 8.80. The number of aromatic nitrogens is 2. The van der Waals surface area contributed by atoms with Crippen LogP contribution in [0.1, 0.15) is 15.9 Å². The number of benzene rings is 2. The highest BCUT2D eigenvalue weighted by molar-refractivity contribution is 9.10. The van der Waals surface area contributed by atoms with E-state index in [1.165, 1.54) is 11.3 Å². The number of pyridine rings is 1. The number of rotatable bonds is 3. The van der Waals surface area contributed by atoms with E-state index in [-0.39, 0.29) is 5.56 Å². The summed E-state index contributed by atoms with van der Waals surface area (Å²) in [6.07, 6.45) is 1.74. The predicted octanol–water partition coefficient (Wildman–Crippen LogP) is 5.79. The molecule has 5 aromatic rings. The van der Waals surface area contributed by atoms with Crippen LogP contribution < -0.4 is 10.9 Å². The molecule has 152 valence electrons. The van der Waals surface area contributed by atoms with Gasteiger partial charge in [0.2, 0.25) is 0 Å². The highest BCUT2D eigenvalue weighted by atomic mass is 79.9. The molecule has 0 unspecified atom stereocenters. The third-order valence-corrected chi connectivity index (χ3v) is 6.42. The van der Waals surface area contributed by atoms with Crippen LogP contribution in [-0.4, -0.2) is 15.9 Å². The Morgan fingerprint density at radius 3 is 2.84 bits per heavy atom. The number of fused-ring (bicyclic) bond motifs is 2. The van der Waals surface area contributed by atoms with Crippen molar-refractivity contribution in [3.05, 3.63) is 86.8 Å². The van der Waals surface area contributed by atoms with Crippen molar-refractivity contribution in [2.24, 2.45) is 0 Å². The maximum atomic E-state index is 12.9. The number of carbonyl (C=O) groups is 1. The Kier molecular flexibility index (Phi) is 4.88.